The van der Waals surface area contributed by atoms with Gasteiger partial charge in [-0.2, -0.15) is 0 Å². The highest BCUT2D eigenvalue weighted by Gasteiger charge is 2.14. The quantitative estimate of drug-likeness (QED) is 0.231. The molecule has 31 heavy (non-hydrogen) atoms. The standard InChI is InChI=1S/C23H26BrN3O4/c1-15(29)31-22-12-18-20(13-21(22)30-2)25-14-26-23(18)27-19-11-17(24)9-8-16(19)7-5-3-4-6-10-28/h8-9,11-14,28H,3-7,10H2,1-2H3,(H,25,26,27). The Balaban J connectivity index is 1.92. The highest BCUT2D eigenvalue weighted by molar-refractivity contribution is 9.10. The molecule has 3 aromatic rings. The number of esters is 1. The number of nitrogens with one attached hydrogen (secondary N) is 1. The van der Waals surface area contributed by atoms with E-state index in [0.29, 0.717) is 28.2 Å². The number of aliphatic hydroxyl groups excluding tert-OH is 1. The molecule has 0 saturated carbocycles. The van der Waals surface area contributed by atoms with Gasteiger partial charge >= 0.3 is 5.97 Å². The molecule has 1 aromatic heterocycles. The number of nitrogens with zero attached hydrogens (tertiary/aromatic N) is 2. The number of carbonyl (C=O) groups excluding carboxylic acids is 1. The molecule has 3 rings (SSSR count). The van der Waals surface area contributed by atoms with Crippen molar-refractivity contribution >= 4 is 44.3 Å². The first-order valence-electron chi connectivity index (χ1n) is 10.2. The van der Waals surface area contributed by atoms with Crippen molar-refractivity contribution in [2.24, 2.45) is 0 Å². The number of halogens is 1. The molecular weight excluding hydrogens is 462 g/mol. The van der Waals surface area contributed by atoms with Crippen LogP contribution in [0.25, 0.3) is 10.9 Å². The van der Waals surface area contributed by atoms with Crippen LogP contribution in [0.3, 0.4) is 0 Å². The van der Waals surface area contributed by atoms with Crippen molar-refractivity contribution < 1.29 is 19.4 Å². The zero-order valence-electron chi connectivity index (χ0n) is 17.7. The van der Waals surface area contributed by atoms with E-state index in [1.54, 1.807) is 12.1 Å². The van der Waals surface area contributed by atoms with Crippen LogP contribution in [0.4, 0.5) is 11.5 Å². The lowest BCUT2D eigenvalue weighted by Crippen LogP contribution is -2.04. The summed E-state index contributed by atoms with van der Waals surface area (Å²) in [7, 11) is 1.52. The predicted octanol–water partition coefficient (Wildman–Crippen LogP) is 5.17. The molecule has 7 nitrogen and oxygen atoms in total. The molecule has 0 aliphatic heterocycles. The van der Waals surface area contributed by atoms with Crippen LogP contribution in [0.1, 0.15) is 38.2 Å². The fourth-order valence-corrected chi connectivity index (χ4v) is 3.71. The number of hydrogen-bond acceptors (Lipinski definition) is 7. The molecule has 0 aliphatic rings. The minimum absolute atomic E-state index is 0.242. The minimum atomic E-state index is -0.431. The number of ether oxygens (including phenoxy) is 2. The normalized spacial score (nSPS) is 10.8. The number of methoxy groups -OCH3 is 1. The zero-order valence-corrected chi connectivity index (χ0v) is 19.2. The Labute approximate surface area is 189 Å². The van der Waals surface area contributed by atoms with Crippen molar-refractivity contribution in [2.45, 2.75) is 39.0 Å². The molecule has 0 fully saturated rings. The summed E-state index contributed by atoms with van der Waals surface area (Å²) < 4.78 is 11.6. The summed E-state index contributed by atoms with van der Waals surface area (Å²) in [6.07, 6.45) is 6.37. The molecule has 0 aliphatic carbocycles. The molecule has 2 aromatic carbocycles. The summed E-state index contributed by atoms with van der Waals surface area (Å²) in [5.74, 6) is 0.928. The lowest BCUT2D eigenvalue weighted by molar-refractivity contribution is -0.132. The van der Waals surface area contributed by atoms with Crippen LogP contribution in [-0.2, 0) is 11.2 Å². The molecule has 0 amide bonds. The average Bonchev–Trinajstić information content (AvgIpc) is 2.74. The average molecular weight is 488 g/mol. The Bertz CT molecular complexity index is 1060. The van der Waals surface area contributed by atoms with Crippen molar-refractivity contribution in [1.29, 1.82) is 0 Å². The number of carbonyl (C=O) groups is 1. The number of rotatable bonds is 10. The van der Waals surface area contributed by atoms with E-state index in [2.05, 4.69) is 37.3 Å². The van der Waals surface area contributed by atoms with Crippen LogP contribution in [0.15, 0.2) is 41.1 Å². The smallest absolute Gasteiger partial charge is 0.308 e. The molecule has 1 heterocycles. The van der Waals surface area contributed by atoms with Crippen molar-refractivity contribution in [3.8, 4) is 11.5 Å². The summed E-state index contributed by atoms with van der Waals surface area (Å²) in [4.78, 5) is 20.3. The fourth-order valence-electron chi connectivity index (χ4n) is 3.35. The Kier molecular flexibility index (Phi) is 8.20. The second-order valence-electron chi connectivity index (χ2n) is 7.15. The number of benzene rings is 2. The number of hydrogen-bond donors (Lipinski definition) is 2. The summed E-state index contributed by atoms with van der Waals surface area (Å²) in [6, 6.07) is 9.58. The minimum Gasteiger partial charge on any atom is -0.493 e. The molecule has 0 radical (unpaired) electrons. The van der Waals surface area contributed by atoms with Crippen LogP contribution in [0.5, 0.6) is 11.5 Å². The van der Waals surface area contributed by atoms with E-state index in [4.69, 9.17) is 14.6 Å². The zero-order chi connectivity index (χ0) is 22.2. The second-order valence-corrected chi connectivity index (χ2v) is 8.07. The molecule has 164 valence electrons. The van der Waals surface area contributed by atoms with E-state index in [9.17, 15) is 4.79 Å². The van der Waals surface area contributed by atoms with Gasteiger partial charge in [0.05, 0.1) is 12.6 Å². The van der Waals surface area contributed by atoms with Crippen LogP contribution < -0.4 is 14.8 Å². The van der Waals surface area contributed by atoms with Gasteiger partial charge < -0.3 is 19.9 Å². The number of aliphatic hydroxyl groups is 1. The van der Waals surface area contributed by atoms with E-state index in [1.165, 1.54) is 25.9 Å². The van der Waals surface area contributed by atoms with E-state index >= 15 is 0 Å². The molecular formula is C23H26BrN3O4. The highest BCUT2D eigenvalue weighted by Crippen LogP contribution is 2.35. The summed E-state index contributed by atoms with van der Waals surface area (Å²) >= 11 is 3.54. The first-order valence-corrected chi connectivity index (χ1v) is 11.0. The molecule has 0 bridgehead atoms. The van der Waals surface area contributed by atoms with E-state index in [1.807, 2.05) is 12.1 Å². The maximum Gasteiger partial charge on any atom is 0.308 e. The maximum atomic E-state index is 11.5. The number of anilines is 2. The third-order valence-corrected chi connectivity index (χ3v) is 5.35. The van der Waals surface area contributed by atoms with Gasteiger partial charge in [-0.3, -0.25) is 4.79 Å². The number of aryl methyl sites for hydroxylation is 1. The van der Waals surface area contributed by atoms with Crippen LogP contribution >= 0.6 is 15.9 Å². The van der Waals surface area contributed by atoms with Gasteiger partial charge in [0.1, 0.15) is 12.1 Å². The van der Waals surface area contributed by atoms with Gasteiger partial charge in [-0.05, 0) is 43.0 Å². The topological polar surface area (TPSA) is 93.6 Å². The van der Waals surface area contributed by atoms with Gasteiger partial charge in [0.15, 0.2) is 11.5 Å². The molecule has 0 spiro atoms. The number of aromatic nitrogens is 2. The van der Waals surface area contributed by atoms with Gasteiger partial charge in [0.2, 0.25) is 0 Å². The van der Waals surface area contributed by atoms with Crippen molar-refractivity contribution in [3.05, 3.63) is 46.7 Å². The highest BCUT2D eigenvalue weighted by atomic mass is 79.9. The third kappa shape index (κ3) is 6.15. The van der Waals surface area contributed by atoms with E-state index < -0.39 is 5.97 Å². The van der Waals surface area contributed by atoms with Crippen LogP contribution in [0, 0.1) is 0 Å². The number of unbranched alkanes of at least 4 members (excludes halogenated alkanes) is 3. The summed E-state index contributed by atoms with van der Waals surface area (Å²) in [5.41, 5.74) is 2.79. The largest absolute Gasteiger partial charge is 0.493 e. The fraction of sp³-hybridized carbons (Fsp3) is 0.348. The first kappa shape index (κ1) is 23.0. The van der Waals surface area contributed by atoms with Gasteiger partial charge in [-0.15, -0.1) is 0 Å². The summed E-state index contributed by atoms with van der Waals surface area (Å²) in [5, 5.41) is 13.1. The lowest BCUT2D eigenvalue weighted by atomic mass is 10.0. The molecule has 2 N–H and O–H groups in total. The van der Waals surface area contributed by atoms with Crippen molar-refractivity contribution in [3.63, 3.8) is 0 Å². The maximum absolute atomic E-state index is 11.5. The Morgan fingerprint density at radius 1 is 1.10 bits per heavy atom. The molecule has 0 unspecified atom stereocenters. The van der Waals surface area contributed by atoms with E-state index in [-0.39, 0.29) is 6.61 Å². The van der Waals surface area contributed by atoms with E-state index in [0.717, 1.165) is 42.3 Å². The van der Waals surface area contributed by atoms with Gasteiger partial charge in [0.25, 0.3) is 0 Å². The predicted molar refractivity (Wildman–Crippen MR) is 124 cm³/mol. The van der Waals surface area contributed by atoms with Gasteiger partial charge in [0, 0.05) is 35.1 Å². The van der Waals surface area contributed by atoms with Crippen molar-refractivity contribution in [1.82, 2.24) is 9.97 Å². The molecule has 0 atom stereocenters. The van der Waals surface area contributed by atoms with Gasteiger partial charge in [-0.25, -0.2) is 9.97 Å². The second kappa shape index (κ2) is 11.1. The molecule has 0 saturated heterocycles. The van der Waals surface area contributed by atoms with Crippen LogP contribution in [-0.4, -0.2) is 34.8 Å². The Hall–Kier alpha value is -2.71. The SMILES string of the molecule is COc1cc2ncnc(Nc3cc(Br)ccc3CCCCCCO)c2cc1OC(C)=O. The number of fused-ring (bicyclic) bond motifs is 1. The third-order valence-electron chi connectivity index (χ3n) is 4.85. The lowest BCUT2D eigenvalue weighted by Gasteiger charge is -2.15. The Morgan fingerprint density at radius 3 is 2.65 bits per heavy atom. The first-order chi connectivity index (χ1) is 15.0. The van der Waals surface area contributed by atoms with Crippen LogP contribution in [0.2, 0.25) is 0 Å². The summed E-state index contributed by atoms with van der Waals surface area (Å²) in [6.45, 7) is 1.59. The van der Waals surface area contributed by atoms with Gasteiger partial charge in [-0.1, -0.05) is 34.8 Å². The monoisotopic (exact) mass is 487 g/mol. The Morgan fingerprint density at radius 2 is 1.90 bits per heavy atom. The molecule has 8 heteroatoms. The van der Waals surface area contributed by atoms with Crippen molar-refractivity contribution in [2.75, 3.05) is 19.0 Å².